The van der Waals surface area contributed by atoms with E-state index in [1.54, 1.807) is 5.38 Å². The maximum atomic E-state index is 13.5. The Morgan fingerprint density at radius 1 is 1.39 bits per heavy atom. The third kappa shape index (κ3) is 2.56. The molecular weight excluding hydrogens is 364 g/mol. The molecule has 1 atom stereocenters. The first-order chi connectivity index (χ1) is 8.32. The van der Waals surface area contributed by atoms with Gasteiger partial charge in [0.05, 0.1) is 5.02 Å². The van der Waals surface area contributed by atoms with Crippen LogP contribution in [0.5, 0.6) is 0 Å². The molecule has 2 rings (SSSR count). The van der Waals surface area contributed by atoms with Gasteiger partial charge in [-0.25, -0.2) is 9.37 Å². The van der Waals surface area contributed by atoms with Crippen LogP contribution in [0.1, 0.15) is 17.5 Å². The fraction of sp³-hybridized carbons (Fsp3) is 0.182. The Bertz CT molecular complexity index is 603. The monoisotopic (exact) mass is 369 g/mol. The molecule has 1 aromatic carbocycles. The predicted molar refractivity (Wildman–Crippen MR) is 74.9 cm³/mol. The topological polar surface area (TPSA) is 33.1 Å². The lowest BCUT2D eigenvalue weighted by molar-refractivity contribution is 0.101. The molecule has 0 aliphatic heterocycles. The maximum Gasteiger partial charge on any atom is 0.142 e. The second-order valence-electron chi connectivity index (χ2n) is 3.79. The molecule has 1 unspecified atom stereocenters. The van der Waals surface area contributed by atoms with E-state index in [1.807, 2.05) is 0 Å². The van der Waals surface area contributed by atoms with Crippen molar-refractivity contribution in [2.75, 3.05) is 0 Å². The van der Waals surface area contributed by atoms with Gasteiger partial charge in [0.2, 0.25) is 0 Å². The summed E-state index contributed by atoms with van der Waals surface area (Å²) in [6.07, 6.45) is 0. The van der Waals surface area contributed by atoms with Gasteiger partial charge >= 0.3 is 0 Å². The van der Waals surface area contributed by atoms with Crippen LogP contribution in [0.15, 0.2) is 22.1 Å². The Labute approximate surface area is 126 Å². The maximum absolute atomic E-state index is 13.5. The predicted octanol–water partition coefficient (Wildman–Crippen LogP) is 4.61. The van der Waals surface area contributed by atoms with Crippen molar-refractivity contribution in [1.29, 1.82) is 0 Å². The normalized spacial score (nSPS) is 14.6. The van der Waals surface area contributed by atoms with Gasteiger partial charge in [-0.1, -0.05) is 23.2 Å². The molecule has 2 aromatic rings. The van der Waals surface area contributed by atoms with Crippen LogP contribution in [-0.4, -0.2) is 10.1 Å². The van der Waals surface area contributed by atoms with Crippen molar-refractivity contribution in [2.45, 2.75) is 12.5 Å². The van der Waals surface area contributed by atoms with Crippen LogP contribution in [0.2, 0.25) is 10.0 Å². The second-order valence-corrected chi connectivity index (χ2v) is 6.28. The zero-order chi connectivity index (χ0) is 13.5. The van der Waals surface area contributed by atoms with Crippen LogP contribution in [0.4, 0.5) is 4.39 Å². The Hall–Kier alpha value is -0.200. The summed E-state index contributed by atoms with van der Waals surface area (Å²) in [6.45, 7) is 1.51. The summed E-state index contributed by atoms with van der Waals surface area (Å²) >= 11 is 16.1. The zero-order valence-electron chi connectivity index (χ0n) is 9.05. The Balaban J connectivity index is 2.57. The van der Waals surface area contributed by atoms with Crippen LogP contribution in [0, 0.1) is 5.82 Å². The fourth-order valence-corrected chi connectivity index (χ4v) is 3.38. The van der Waals surface area contributed by atoms with Crippen molar-refractivity contribution in [2.24, 2.45) is 0 Å². The van der Waals surface area contributed by atoms with E-state index < -0.39 is 11.4 Å². The van der Waals surface area contributed by atoms with Crippen molar-refractivity contribution in [3.63, 3.8) is 0 Å². The van der Waals surface area contributed by atoms with Gasteiger partial charge < -0.3 is 5.11 Å². The van der Waals surface area contributed by atoms with Gasteiger partial charge in [0, 0.05) is 16.0 Å². The summed E-state index contributed by atoms with van der Waals surface area (Å²) in [6, 6.07) is 2.39. The lowest BCUT2D eigenvalue weighted by Gasteiger charge is -2.22. The van der Waals surface area contributed by atoms with Crippen molar-refractivity contribution >= 4 is 50.5 Å². The number of rotatable bonds is 2. The first-order valence-electron chi connectivity index (χ1n) is 4.81. The third-order valence-corrected chi connectivity index (χ3v) is 4.79. The molecule has 0 bridgehead atoms. The highest BCUT2D eigenvalue weighted by molar-refractivity contribution is 9.10. The molecule has 0 radical (unpaired) electrons. The van der Waals surface area contributed by atoms with Crippen molar-refractivity contribution < 1.29 is 9.50 Å². The molecule has 1 aromatic heterocycles. The number of thiazole rings is 1. The molecule has 96 valence electrons. The summed E-state index contributed by atoms with van der Waals surface area (Å²) in [5.41, 5.74) is -1.24. The fourth-order valence-electron chi connectivity index (χ4n) is 1.49. The van der Waals surface area contributed by atoms with E-state index in [9.17, 15) is 9.50 Å². The van der Waals surface area contributed by atoms with E-state index in [4.69, 9.17) is 23.2 Å². The lowest BCUT2D eigenvalue weighted by Crippen LogP contribution is -2.23. The molecule has 0 aliphatic carbocycles. The smallest absolute Gasteiger partial charge is 0.142 e. The van der Waals surface area contributed by atoms with Gasteiger partial charge in [0.15, 0.2) is 0 Å². The van der Waals surface area contributed by atoms with E-state index in [-0.39, 0.29) is 15.6 Å². The number of hydrogen-bond acceptors (Lipinski definition) is 3. The van der Waals surface area contributed by atoms with Gasteiger partial charge in [0.25, 0.3) is 0 Å². The number of aromatic nitrogens is 1. The van der Waals surface area contributed by atoms with E-state index in [0.29, 0.717) is 9.61 Å². The largest absolute Gasteiger partial charge is 0.378 e. The zero-order valence-corrected chi connectivity index (χ0v) is 13.0. The summed E-state index contributed by atoms with van der Waals surface area (Å²) in [4.78, 5) is 4.12. The molecule has 18 heavy (non-hydrogen) atoms. The molecule has 0 spiro atoms. The van der Waals surface area contributed by atoms with Crippen molar-refractivity contribution in [3.8, 4) is 0 Å². The number of hydrogen-bond donors (Lipinski definition) is 1. The Morgan fingerprint density at radius 3 is 2.61 bits per heavy atom. The minimum absolute atomic E-state index is 0.0835. The number of halogens is 4. The molecular formula is C11H7BrCl2FNOS. The number of aliphatic hydroxyl groups is 1. The first kappa shape index (κ1) is 14.2. The molecule has 0 saturated heterocycles. The highest BCUT2D eigenvalue weighted by Gasteiger charge is 2.32. The van der Waals surface area contributed by atoms with Gasteiger partial charge in [-0.05, 0) is 35.0 Å². The lowest BCUT2D eigenvalue weighted by atomic mass is 9.96. The highest BCUT2D eigenvalue weighted by Crippen LogP contribution is 2.38. The number of nitrogens with zero attached hydrogens (tertiary/aromatic N) is 1. The molecule has 0 aliphatic rings. The summed E-state index contributed by atoms with van der Waals surface area (Å²) in [5.74, 6) is -0.632. The molecule has 2 nitrogen and oxygen atoms in total. The summed E-state index contributed by atoms with van der Waals surface area (Å²) in [5, 5.41) is 12.7. The first-order valence-corrected chi connectivity index (χ1v) is 7.24. The van der Waals surface area contributed by atoms with Crippen LogP contribution >= 0.6 is 50.5 Å². The quantitative estimate of drug-likeness (QED) is 0.783. The van der Waals surface area contributed by atoms with E-state index >= 15 is 0 Å². The minimum atomic E-state index is -1.47. The van der Waals surface area contributed by atoms with Gasteiger partial charge in [-0.2, -0.15) is 0 Å². The number of benzene rings is 1. The molecule has 1 N–H and O–H groups in total. The average Bonchev–Trinajstić information content (AvgIpc) is 2.70. The van der Waals surface area contributed by atoms with Crippen molar-refractivity contribution in [1.82, 2.24) is 4.98 Å². The van der Waals surface area contributed by atoms with E-state index in [2.05, 4.69) is 20.9 Å². The molecule has 0 saturated carbocycles. The molecule has 7 heteroatoms. The molecule has 1 heterocycles. The minimum Gasteiger partial charge on any atom is -0.378 e. The second kappa shape index (κ2) is 5.06. The van der Waals surface area contributed by atoms with Crippen molar-refractivity contribution in [3.05, 3.63) is 48.5 Å². The Kier molecular flexibility index (Phi) is 3.99. The van der Waals surface area contributed by atoms with E-state index in [0.717, 1.165) is 6.07 Å². The third-order valence-electron chi connectivity index (χ3n) is 2.43. The molecule has 0 fully saturated rings. The Morgan fingerprint density at radius 2 is 2.06 bits per heavy atom. The summed E-state index contributed by atoms with van der Waals surface area (Å²) in [7, 11) is 0. The van der Waals surface area contributed by atoms with Crippen LogP contribution in [0.25, 0.3) is 0 Å². The van der Waals surface area contributed by atoms with Crippen LogP contribution < -0.4 is 0 Å². The standard InChI is InChI=1S/C11H7BrCl2FNOS/c1-11(17,10-16-9(12)4-18-10)5-2-8(15)7(14)3-6(5)13/h2-4,17H,1H3. The summed E-state index contributed by atoms with van der Waals surface area (Å²) < 4.78 is 14.1. The van der Waals surface area contributed by atoms with Gasteiger partial charge in [-0.15, -0.1) is 11.3 Å². The highest BCUT2D eigenvalue weighted by atomic mass is 79.9. The van der Waals surface area contributed by atoms with Gasteiger partial charge in [0.1, 0.15) is 21.0 Å². The average molecular weight is 371 g/mol. The van der Waals surface area contributed by atoms with Crippen LogP contribution in [0.3, 0.4) is 0 Å². The SMILES string of the molecule is CC(O)(c1nc(Br)cs1)c1cc(F)c(Cl)cc1Cl. The van der Waals surface area contributed by atoms with Gasteiger partial charge in [-0.3, -0.25) is 0 Å². The van der Waals surface area contributed by atoms with Crippen LogP contribution in [-0.2, 0) is 5.60 Å². The van der Waals surface area contributed by atoms with E-state index in [1.165, 1.54) is 24.3 Å². The molecule has 0 amide bonds.